The monoisotopic (exact) mass is 332 g/mol. The topological polar surface area (TPSA) is 42.6 Å². The highest BCUT2D eigenvalue weighted by Crippen LogP contribution is 2.18. The minimum Gasteiger partial charge on any atom is -0.357 e. The Hall–Kier alpha value is -1.92. The summed E-state index contributed by atoms with van der Waals surface area (Å²) in [6.07, 6.45) is 1.11. The summed E-state index contributed by atoms with van der Waals surface area (Å²) >= 11 is 0. The number of rotatable bonds is 5. The Balaban J connectivity index is 1.57. The fraction of sp³-hybridized carbons (Fsp3) is 0.500. The van der Waals surface area contributed by atoms with Gasteiger partial charge in [0, 0.05) is 42.8 Å². The summed E-state index contributed by atoms with van der Waals surface area (Å²) in [4.78, 5) is 21.8. The second-order valence-corrected chi connectivity index (χ2v) is 6.92. The number of likely N-dealkylation sites (tertiary alicyclic amines) is 1. The molecular formula is C18H25FN4O. The SMILES string of the molecule is CN(Cc1cc2cc(F)ccc2[nH]1)C(=O)CN1CCC(N(C)C)C1. The first kappa shape index (κ1) is 16.9. The fourth-order valence-corrected chi connectivity index (χ4v) is 3.28. The van der Waals surface area contributed by atoms with Crippen molar-refractivity contribution in [1.82, 2.24) is 19.7 Å². The molecule has 1 aromatic carbocycles. The summed E-state index contributed by atoms with van der Waals surface area (Å²) in [6, 6.07) is 7.10. The molecule has 0 saturated carbocycles. The van der Waals surface area contributed by atoms with Crippen molar-refractivity contribution in [2.24, 2.45) is 0 Å². The minimum atomic E-state index is -0.248. The van der Waals surface area contributed by atoms with E-state index in [0.29, 0.717) is 19.1 Å². The van der Waals surface area contributed by atoms with E-state index in [9.17, 15) is 9.18 Å². The van der Waals surface area contributed by atoms with E-state index < -0.39 is 0 Å². The number of H-pyrrole nitrogens is 1. The van der Waals surface area contributed by atoms with Gasteiger partial charge in [-0.25, -0.2) is 4.39 Å². The van der Waals surface area contributed by atoms with Crippen LogP contribution in [0, 0.1) is 5.82 Å². The number of nitrogens with zero attached hydrogens (tertiary/aromatic N) is 3. The molecule has 1 atom stereocenters. The number of fused-ring (bicyclic) bond motifs is 1. The van der Waals surface area contributed by atoms with Crippen molar-refractivity contribution in [3.63, 3.8) is 0 Å². The molecule has 0 radical (unpaired) electrons. The predicted molar refractivity (Wildman–Crippen MR) is 93.3 cm³/mol. The Morgan fingerprint density at radius 2 is 2.12 bits per heavy atom. The molecule has 0 bridgehead atoms. The molecule has 1 aromatic heterocycles. The number of aromatic amines is 1. The van der Waals surface area contributed by atoms with Crippen LogP contribution >= 0.6 is 0 Å². The zero-order chi connectivity index (χ0) is 17.3. The molecular weight excluding hydrogens is 307 g/mol. The standard InChI is InChI=1S/C18H25FN4O/c1-21(2)16-6-7-23(11-16)12-18(24)22(3)10-15-9-13-8-14(19)4-5-17(13)20-15/h4-5,8-9,16,20H,6-7,10-12H2,1-3H3. The molecule has 1 aliphatic heterocycles. The highest BCUT2D eigenvalue weighted by Gasteiger charge is 2.26. The molecule has 2 heterocycles. The molecule has 1 N–H and O–H groups in total. The van der Waals surface area contributed by atoms with Crippen LogP contribution in [-0.2, 0) is 11.3 Å². The molecule has 0 aliphatic carbocycles. The molecule has 1 unspecified atom stereocenters. The fourth-order valence-electron chi connectivity index (χ4n) is 3.28. The Kier molecular flexibility index (Phi) is 4.87. The third-order valence-corrected chi connectivity index (χ3v) is 4.81. The number of hydrogen-bond acceptors (Lipinski definition) is 3. The number of benzene rings is 1. The van der Waals surface area contributed by atoms with Gasteiger partial charge in [-0.1, -0.05) is 0 Å². The maximum absolute atomic E-state index is 13.3. The average molecular weight is 332 g/mol. The highest BCUT2D eigenvalue weighted by molar-refractivity contribution is 5.81. The van der Waals surface area contributed by atoms with Gasteiger partial charge in [0.1, 0.15) is 5.82 Å². The molecule has 24 heavy (non-hydrogen) atoms. The van der Waals surface area contributed by atoms with Crippen molar-refractivity contribution in [3.05, 3.63) is 35.8 Å². The van der Waals surface area contributed by atoms with Gasteiger partial charge in [-0.3, -0.25) is 9.69 Å². The van der Waals surface area contributed by atoms with Gasteiger partial charge in [0.25, 0.3) is 0 Å². The maximum atomic E-state index is 13.3. The van der Waals surface area contributed by atoms with E-state index in [0.717, 1.165) is 36.1 Å². The number of hydrogen-bond donors (Lipinski definition) is 1. The molecule has 0 spiro atoms. The first-order valence-corrected chi connectivity index (χ1v) is 8.32. The Bertz CT molecular complexity index is 727. The van der Waals surface area contributed by atoms with Gasteiger partial charge in [-0.2, -0.15) is 0 Å². The smallest absolute Gasteiger partial charge is 0.236 e. The van der Waals surface area contributed by atoms with Crippen molar-refractivity contribution in [3.8, 4) is 0 Å². The molecule has 1 fully saturated rings. The Morgan fingerprint density at radius 1 is 1.33 bits per heavy atom. The van der Waals surface area contributed by atoms with Gasteiger partial charge >= 0.3 is 0 Å². The van der Waals surface area contributed by atoms with Gasteiger partial charge in [-0.15, -0.1) is 0 Å². The van der Waals surface area contributed by atoms with E-state index in [1.165, 1.54) is 12.1 Å². The van der Waals surface area contributed by atoms with Gasteiger partial charge < -0.3 is 14.8 Å². The van der Waals surface area contributed by atoms with E-state index in [1.54, 1.807) is 11.0 Å². The van der Waals surface area contributed by atoms with Gasteiger partial charge in [0.05, 0.1) is 13.1 Å². The van der Waals surface area contributed by atoms with E-state index >= 15 is 0 Å². The molecule has 3 rings (SSSR count). The van der Waals surface area contributed by atoms with Crippen LogP contribution in [-0.4, -0.2) is 72.4 Å². The average Bonchev–Trinajstić information content (AvgIpc) is 3.13. The van der Waals surface area contributed by atoms with Crippen molar-refractivity contribution >= 4 is 16.8 Å². The summed E-state index contributed by atoms with van der Waals surface area (Å²) in [5, 5.41) is 0.833. The zero-order valence-electron chi connectivity index (χ0n) is 14.6. The van der Waals surface area contributed by atoms with Crippen molar-refractivity contribution in [2.75, 3.05) is 40.8 Å². The Labute approximate surface area is 142 Å². The van der Waals surface area contributed by atoms with Crippen molar-refractivity contribution < 1.29 is 9.18 Å². The summed E-state index contributed by atoms with van der Waals surface area (Å²) in [6.45, 7) is 2.86. The van der Waals surface area contributed by atoms with Crippen LogP contribution in [0.15, 0.2) is 24.3 Å². The van der Waals surface area contributed by atoms with Crippen molar-refractivity contribution in [2.45, 2.75) is 19.0 Å². The van der Waals surface area contributed by atoms with Crippen LogP contribution in [0.2, 0.25) is 0 Å². The van der Waals surface area contributed by atoms with Crippen LogP contribution in [0.25, 0.3) is 10.9 Å². The summed E-state index contributed by atoms with van der Waals surface area (Å²) in [5.74, 6) is -0.138. The third-order valence-electron chi connectivity index (χ3n) is 4.81. The second-order valence-electron chi connectivity index (χ2n) is 6.92. The lowest BCUT2D eigenvalue weighted by atomic mass is 10.2. The normalized spacial score (nSPS) is 18.6. The summed E-state index contributed by atoms with van der Waals surface area (Å²) < 4.78 is 13.3. The number of carbonyl (C=O) groups is 1. The lowest BCUT2D eigenvalue weighted by molar-refractivity contribution is -0.131. The number of amides is 1. The first-order chi connectivity index (χ1) is 11.4. The number of nitrogens with one attached hydrogen (secondary N) is 1. The van der Waals surface area contributed by atoms with Gasteiger partial charge in [0.15, 0.2) is 0 Å². The lowest BCUT2D eigenvalue weighted by Crippen LogP contribution is -2.38. The number of carbonyl (C=O) groups excluding carboxylic acids is 1. The largest absolute Gasteiger partial charge is 0.357 e. The van der Waals surface area contributed by atoms with E-state index in [-0.39, 0.29) is 11.7 Å². The Morgan fingerprint density at radius 3 is 2.83 bits per heavy atom. The van der Waals surface area contributed by atoms with Crippen LogP contribution in [0.3, 0.4) is 0 Å². The van der Waals surface area contributed by atoms with Crippen LogP contribution < -0.4 is 0 Å². The summed E-state index contributed by atoms with van der Waals surface area (Å²) in [7, 11) is 5.98. The van der Waals surface area contributed by atoms with Crippen LogP contribution in [0.5, 0.6) is 0 Å². The van der Waals surface area contributed by atoms with E-state index in [2.05, 4.69) is 28.9 Å². The molecule has 1 saturated heterocycles. The quantitative estimate of drug-likeness (QED) is 0.909. The first-order valence-electron chi connectivity index (χ1n) is 8.32. The minimum absolute atomic E-state index is 0.110. The molecule has 5 nitrogen and oxygen atoms in total. The number of likely N-dealkylation sites (N-methyl/N-ethyl adjacent to an activating group) is 2. The molecule has 1 amide bonds. The van der Waals surface area contributed by atoms with Crippen LogP contribution in [0.1, 0.15) is 12.1 Å². The highest BCUT2D eigenvalue weighted by atomic mass is 19.1. The second kappa shape index (κ2) is 6.91. The summed E-state index contributed by atoms with van der Waals surface area (Å²) in [5.41, 5.74) is 1.81. The third kappa shape index (κ3) is 3.76. The number of aromatic nitrogens is 1. The maximum Gasteiger partial charge on any atom is 0.236 e. The lowest BCUT2D eigenvalue weighted by Gasteiger charge is -2.22. The van der Waals surface area contributed by atoms with Crippen molar-refractivity contribution in [1.29, 1.82) is 0 Å². The number of halogens is 1. The molecule has 1 aliphatic rings. The zero-order valence-corrected chi connectivity index (χ0v) is 14.6. The molecule has 2 aromatic rings. The molecule has 6 heteroatoms. The van der Waals surface area contributed by atoms with Gasteiger partial charge in [0.2, 0.25) is 5.91 Å². The predicted octanol–water partition coefficient (Wildman–Crippen LogP) is 1.90. The van der Waals surface area contributed by atoms with E-state index in [1.807, 2.05) is 13.1 Å². The van der Waals surface area contributed by atoms with E-state index in [4.69, 9.17) is 0 Å². The molecule has 130 valence electrons. The van der Waals surface area contributed by atoms with Gasteiger partial charge in [-0.05, 0) is 44.8 Å². The van der Waals surface area contributed by atoms with Crippen LogP contribution in [0.4, 0.5) is 4.39 Å².